The average molecular weight is 331 g/mol. The van der Waals surface area contributed by atoms with Crippen molar-refractivity contribution in [3.8, 4) is 0 Å². The van der Waals surface area contributed by atoms with Crippen molar-refractivity contribution in [3.05, 3.63) is 33.8 Å². The molecule has 0 unspecified atom stereocenters. The van der Waals surface area contributed by atoms with Gasteiger partial charge in [-0.2, -0.15) is 0 Å². The van der Waals surface area contributed by atoms with E-state index in [2.05, 4.69) is 4.90 Å². The molecule has 1 saturated heterocycles. The smallest absolute Gasteiger partial charge is 0.407 e. The van der Waals surface area contributed by atoms with E-state index in [0.29, 0.717) is 11.6 Å². The van der Waals surface area contributed by atoms with Gasteiger partial charge >= 0.3 is 6.09 Å². The summed E-state index contributed by atoms with van der Waals surface area (Å²) in [4.78, 5) is 15.0. The number of amides is 1. The number of likely N-dealkylation sites (tertiary alicyclic amines) is 1. The highest BCUT2D eigenvalue weighted by atomic mass is 35.5. The van der Waals surface area contributed by atoms with E-state index < -0.39 is 6.09 Å². The van der Waals surface area contributed by atoms with Gasteiger partial charge in [-0.25, -0.2) is 4.79 Å². The van der Waals surface area contributed by atoms with Gasteiger partial charge in [-0.3, -0.25) is 4.90 Å². The third-order valence-corrected chi connectivity index (χ3v) is 4.59. The van der Waals surface area contributed by atoms with E-state index in [1.54, 1.807) is 6.07 Å². The van der Waals surface area contributed by atoms with Gasteiger partial charge in [-0.15, -0.1) is 0 Å². The molecular formula is C15H20Cl2N2O2. The first-order valence-corrected chi connectivity index (χ1v) is 7.92. The zero-order valence-electron chi connectivity index (χ0n) is 12.1. The van der Waals surface area contributed by atoms with E-state index in [-0.39, 0.29) is 6.04 Å². The van der Waals surface area contributed by atoms with Crippen LogP contribution in [0.1, 0.15) is 25.3 Å². The first-order chi connectivity index (χ1) is 10.0. The minimum atomic E-state index is -0.825. The van der Waals surface area contributed by atoms with E-state index in [0.717, 1.165) is 43.1 Å². The molecule has 1 aliphatic heterocycles. The predicted molar refractivity (Wildman–Crippen MR) is 85.2 cm³/mol. The van der Waals surface area contributed by atoms with Crippen LogP contribution in [0.15, 0.2) is 18.2 Å². The van der Waals surface area contributed by atoms with Crippen molar-refractivity contribution >= 4 is 29.3 Å². The lowest BCUT2D eigenvalue weighted by molar-refractivity contribution is 0.0917. The minimum absolute atomic E-state index is 0.124. The van der Waals surface area contributed by atoms with Gasteiger partial charge in [0.2, 0.25) is 0 Å². The van der Waals surface area contributed by atoms with E-state index in [4.69, 9.17) is 23.2 Å². The standard InChI is InChI=1S/C15H20Cl2N2O2/c1-2-19(15(20)21)13-5-7-18(8-6-13)10-11-9-12(16)3-4-14(11)17/h3-4,9,13H,2,5-8,10H2,1H3,(H,20,21). The summed E-state index contributed by atoms with van der Waals surface area (Å²) in [5.41, 5.74) is 1.02. The molecule has 116 valence electrons. The predicted octanol–water partition coefficient (Wildman–Crippen LogP) is 3.96. The molecule has 1 fully saturated rings. The Morgan fingerprint density at radius 3 is 2.62 bits per heavy atom. The van der Waals surface area contributed by atoms with Crippen LogP contribution in [-0.4, -0.2) is 46.7 Å². The van der Waals surface area contributed by atoms with Crippen molar-refractivity contribution in [2.45, 2.75) is 32.4 Å². The second-order valence-corrected chi connectivity index (χ2v) is 6.16. The van der Waals surface area contributed by atoms with Gasteiger partial charge in [-0.05, 0) is 43.5 Å². The molecule has 1 aromatic rings. The maximum atomic E-state index is 11.2. The second kappa shape index (κ2) is 7.34. The summed E-state index contributed by atoms with van der Waals surface area (Å²) in [7, 11) is 0. The number of halogens is 2. The second-order valence-electron chi connectivity index (χ2n) is 5.31. The molecule has 1 amide bonds. The summed E-state index contributed by atoms with van der Waals surface area (Å²) in [6.07, 6.45) is 0.894. The molecule has 0 spiro atoms. The van der Waals surface area contributed by atoms with Crippen molar-refractivity contribution < 1.29 is 9.90 Å². The molecule has 0 bridgehead atoms. The molecule has 0 aromatic heterocycles. The molecule has 2 rings (SSSR count). The lowest BCUT2D eigenvalue weighted by Crippen LogP contribution is -2.46. The van der Waals surface area contributed by atoms with Gasteiger partial charge in [0.15, 0.2) is 0 Å². The molecule has 1 aliphatic rings. The molecule has 1 N–H and O–H groups in total. The fraction of sp³-hybridized carbons (Fsp3) is 0.533. The molecule has 0 aliphatic carbocycles. The van der Waals surface area contributed by atoms with Crippen molar-refractivity contribution in [2.75, 3.05) is 19.6 Å². The molecule has 0 atom stereocenters. The van der Waals surface area contributed by atoms with Gasteiger partial charge in [0.1, 0.15) is 0 Å². The highest BCUT2D eigenvalue weighted by Crippen LogP contribution is 2.24. The first kappa shape index (κ1) is 16.4. The van der Waals surface area contributed by atoms with Gasteiger partial charge in [0.25, 0.3) is 0 Å². The Morgan fingerprint density at radius 1 is 1.38 bits per heavy atom. The highest BCUT2D eigenvalue weighted by molar-refractivity contribution is 6.33. The number of benzene rings is 1. The normalized spacial score (nSPS) is 16.9. The Morgan fingerprint density at radius 2 is 2.05 bits per heavy atom. The van der Waals surface area contributed by atoms with E-state index >= 15 is 0 Å². The quantitative estimate of drug-likeness (QED) is 0.908. The van der Waals surface area contributed by atoms with Crippen LogP contribution in [-0.2, 0) is 6.54 Å². The first-order valence-electron chi connectivity index (χ1n) is 7.17. The summed E-state index contributed by atoms with van der Waals surface area (Å²) < 4.78 is 0. The van der Waals surface area contributed by atoms with Crippen molar-refractivity contribution in [2.24, 2.45) is 0 Å². The number of carbonyl (C=O) groups is 1. The summed E-state index contributed by atoms with van der Waals surface area (Å²) in [5.74, 6) is 0. The molecular weight excluding hydrogens is 311 g/mol. The molecule has 1 aromatic carbocycles. The fourth-order valence-corrected chi connectivity index (χ4v) is 3.22. The zero-order valence-corrected chi connectivity index (χ0v) is 13.6. The summed E-state index contributed by atoms with van der Waals surface area (Å²) in [6, 6.07) is 5.62. The van der Waals surface area contributed by atoms with E-state index in [1.165, 1.54) is 4.90 Å². The van der Waals surface area contributed by atoms with Crippen LogP contribution >= 0.6 is 23.2 Å². The van der Waals surface area contributed by atoms with Gasteiger partial charge in [0, 0.05) is 42.3 Å². The van der Waals surface area contributed by atoms with Crippen LogP contribution in [0.25, 0.3) is 0 Å². The average Bonchev–Trinajstić information content (AvgIpc) is 2.45. The molecule has 4 nitrogen and oxygen atoms in total. The topological polar surface area (TPSA) is 43.8 Å². The molecule has 1 heterocycles. The Bertz CT molecular complexity index is 502. The number of hydrogen-bond donors (Lipinski definition) is 1. The van der Waals surface area contributed by atoms with Crippen LogP contribution in [0.4, 0.5) is 4.79 Å². The van der Waals surface area contributed by atoms with Crippen LogP contribution < -0.4 is 0 Å². The van der Waals surface area contributed by atoms with Crippen molar-refractivity contribution in [3.63, 3.8) is 0 Å². The molecule has 21 heavy (non-hydrogen) atoms. The third-order valence-electron chi connectivity index (χ3n) is 3.99. The van der Waals surface area contributed by atoms with Crippen LogP contribution in [0, 0.1) is 0 Å². The van der Waals surface area contributed by atoms with Crippen LogP contribution in [0.5, 0.6) is 0 Å². The zero-order chi connectivity index (χ0) is 15.4. The molecule has 0 saturated carbocycles. The Labute approximate surface area is 135 Å². The third kappa shape index (κ3) is 4.25. The Balaban J connectivity index is 1.92. The maximum Gasteiger partial charge on any atom is 0.407 e. The summed E-state index contributed by atoms with van der Waals surface area (Å²) in [6.45, 7) is 4.92. The number of rotatable bonds is 4. The molecule has 6 heteroatoms. The van der Waals surface area contributed by atoms with Crippen molar-refractivity contribution in [1.29, 1.82) is 0 Å². The lowest BCUT2D eigenvalue weighted by atomic mass is 10.0. The number of nitrogens with zero attached hydrogens (tertiary/aromatic N) is 2. The van der Waals surface area contributed by atoms with E-state index in [1.807, 2.05) is 19.1 Å². The summed E-state index contributed by atoms with van der Waals surface area (Å²) in [5, 5.41) is 10.6. The number of piperidine rings is 1. The Kier molecular flexibility index (Phi) is 5.73. The Hall–Kier alpha value is -0.970. The van der Waals surface area contributed by atoms with Crippen LogP contribution in [0.2, 0.25) is 10.0 Å². The van der Waals surface area contributed by atoms with Crippen LogP contribution in [0.3, 0.4) is 0 Å². The van der Waals surface area contributed by atoms with E-state index in [9.17, 15) is 9.90 Å². The summed E-state index contributed by atoms with van der Waals surface area (Å²) >= 11 is 12.2. The largest absolute Gasteiger partial charge is 0.465 e. The van der Waals surface area contributed by atoms with Crippen molar-refractivity contribution in [1.82, 2.24) is 9.80 Å². The highest BCUT2D eigenvalue weighted by Gasteiger charge is 2.26. The minimum Gasteiger partial charge on any atom is -0.465 e. The maximum absolute atomic E-state index is 11.2. The van der Waals surface area contributed by atoms with Gasteiger partial charge < -0.3 is 10.0 Å². The van der Waals surface area contributed by atoms with Gasteiger partial charge in [-0.1, -0.05) is 23.2 Å². The molecule has 0 radical (unpaired) electrons. The number of hydrogen-bond acceptors (Lipinski definition) is 2. The number of carboxylic acid groups (broad SMARTS) is 1. The monoisotopic (exact) mass is 330 g/mol. The lowest BCUT2D eigenvalue weighted by Gasteiger charge is -2.36. The SMILES string of the molecule is CCN(C(=O)O)C1CCN(Cc2cc(Cl)ccc2Cl)CC1. The van der Waals surface area contributed by atoms with Gasteiger partial charge in [0.05, 0.1) is 0 Å². The fourth-order valence-electron chi connectivity index (χ4n) is 2.84.